The minimum atomic E-state index is -1.04. The molecule has 0 aromatic carbocycles. The average molecular weight is 262 g/mol. The quantitative estimate of drug-likeness (QED) is 0.384. The molecular weight excluding hydrogens is 244 g/mol. The second-order valence-electron chi connectivity index (χ2n) is 3.54. The third-order valence-corrected chi connectivity index (χ3v) is 2.31. The van der Waals surface area contributed by atoms with Crippen LogP contribution in [0.2, 0.25) is 0 Å². The van der Waals surface area contributed by atoms with E-state index in [2.05, 4.69) is 23.3 Å². The number of carboxylic acids is 1. The summed E-state index contributed by atoms with van der Waals surface area (Å²) in [5.74, 6) is -1.31. The maximum atomic E-state index is 11.1. The topological polar surface area (TPSA) is 95.5 Å². The molecule has 0 rings (SSSR count). The number of rotatable bonds is 8. The molecule has 0 aliphatic heterocycles. The van der Waals surface area contributed by atoms with Gasteiger partial charge in [-0.2, -0.15) is 0 Å². The predicted molar refractivity (Wildman–Crippen MR) is 66.1 cm³/mol. The molecule has 17 heavy (non-hydrogen) atoms. The number of hydrogen-bond acceptors (Lipinski definition) is 3. The van der Waals surface area contributed by atoms with Crippen molar-refractivity contribution >= 4 is 29.7 Å². The van der Waals surface area contributed by atoms with Crippen LogP contribution in [0.25, 0.3) is 0 Å². The highest BCUT2D eigenvalue weighted by Crippen LogP contribution is 2.01. The fraction of sp³-hybridized carbons (Fsp3) is 0.700. The van der Waals surface area contributed by atoms with Gasteiger partial charge in [-0.15, -0.1) is 0 Å². The molecule has 0 radical (unpaired) electrons. The van der Waals surface area contributed by atoms with E-state index in [1.54, 1.807) is 6.92 Å². The second-order valence-corrected chi connectivity index (χ2v) is 3.95. The van der Waals surface area contributed by atoms with Gasteiger partial charge in [-0.3, -0.25) is 9.59 Å². The van der Waals surface area contributed by atoms with Crippen LogP contribution in [0, 0.1) is 0 Å². The number of hydrogen-bond donors (Lipinski definition) is 4. The molecule has 2 amide bonds. The molecule has 98 valence electrons. The lowest BCUT2D eigenvalue weighted by Gasteiger charge is -2.13. The van der Waals surface area contributed by atoms with Crippen molar-refractivity contribution < 1.29 is 19.5 Å². The normalized spacial score (nSPS) is 11.6. The predicted octanol–water partition coefficient (Wildman–Crippen LogP) is 0.775. The van der Waals surface area contributed by atoms with Gasteiger partial charge in [0.2, 0.25) is 5.91 Å². The van der Waals surface area contributed by atoms with Gasteiger partial charge in [-0.25, -0.2) is 4.79 Å². The van der Waals surface area contributed by atoms with Crippen LogP contribution in [0.15, 0.2) is 0 Å². The summed E-state index contributed by atoms with van der Waals surface area (Å²) in [6, 6.07) is -0.853. The Labute approximate surface area is 106 Å². The van der Waals surface area contributed by atoms with Crippen LogP contribution >= 0.6 is 12.6 Å². The van der Waals surface area contributed by atoms with Gasteiger partial charge in [0.25, 0.3) is 5.24 Å². The minimum Gasteiger partial charge on any atom is -0.480 e. The summed E-state index contributed by atoms with van der Waals surface area (Å²) in [6.07, 6.45) is 1.87. The molecule has 6 nitrogen and oxygen atoms in total. The summed E-state index contributed by atoms with van der Waals surface area (Å²) < 4.78 is 0. The highest BCUT2D eigenvalue weighted by molar-refractivity contribution is 7.96. The molecule has 3 N–H and O–H groups in total. The first-order valence-electron chi connectivity index (χ1n) is 5.46. The minimum absolute atomic E-state index is 0.263. The number of unbranched alkanes of at least 4 members (excludes halogenated alkanes) is 1. The van der Waals surface area contributed by atoms with Gasteiger partial charge in [0.05, 0.1) is 0 Å². The zero-order valence-corrected chi connectivity index (χ0v) is 10.6. The molecule has 0 bridgehead atoms. The van der Waals surface area contributed by atoms with Crippen molar-refractivity contribution in [1.29, 1.82) is 0 Å². The van der Waals surface area contributed by atoms with Crippen LogP contribution in [0.3, 0.4) is 0 Å². The van der Waals surface area contributed by atoms with E-state index < -0.39 is 17.3 Å². The van der Waals surface area contributed by atoms with E-state index in [0.29, 0.717) is 25.8 Å². The molecule has 0 saturated heterocycles. The van der Waals surface area contributed by atoms with Gasteiger partial charge in [0.15, 0.2) is 0 Å². The van der Waals surface area contributed by atoms with Crippen LogP contribution in [0.4, 0.5) is 4.79 Å². The van der Waals surface area contributed by atoms with Crippen molar-refractivity contribution in [3.8, 4) is 0 Å². The van der Waals surface area contributed by atoms with E-state index in [1.165, 1.54) is 0 Å². The molecule has 1 atom stereocenters. The Morgan fingerprint density at radius 2 is 1.94 bits per heavy atom. The molecule has 0 aromatic heterocycles. The molecule has 1 unspecified atom stereocenters. The van der Waals surface area contributed by atoms with Crippen LogP contribution in [-0.4, -0.2) is 34.8 Å². The zero-order valence-electron chi connectivity index (χ0n) is 9.73. The second kappa shape index (κ2) is 8.86. The average Bonchev–Trinajstić information content (AvgIpc) is 2.26. The number of carbonyl (C=O) groups excluding carboxylic acids is 2. The lowest BCUT2D eigenvalue weighted by molar-refractivity contribution is -0.142. The molecule has 7 heteroatoms. The van der Waals surface area contributed by atoms with Crippen LogP contribution in [0.5, 0.6) is 0 Å². The van der Waals surface area contributed by atoms with Gasteiger partial charge >= 0.3 is 5.97 Å². The van der Waals surface area contributed by atoms with E-state index >= 15 is 0 Å². The first kappa shape index (κ1) is 15.8. The Hall–Kier alpha value is -1.24. The van der Waals surface area contributed by atoms with E-state index in [0.717, 1.165) is 0 Å². The summed E-state index contributed by atoms with van der Waals surface area (Å²) >= 11 is 3.53. The Morgan fingerprint density at radius 1 is 1.29 bits per heavy atom. The van der Waals surface area contributed by atoms with Gasteiger partial charge in [-0.1, -0.05) is 19.6 Å². The smallest absolute Gasteiger partial charge is 0.326 e. The maximum absolute atomic E-state index is 11.1. The first-order chi connectivity index (χ1) is 7.97. The summed E-state index contributed by atoms with van der Waals surface area (Å²) in [6.45, 7) is 2.12. The fourth-order valence-corrected chi connectivity index (χ4v) is 1.33. The number of aliphatic carboxylic acids is 1. The lowest BCUT2D eigenvalue weighted by atomic mass is 10.1. The molecular formula is C10H18N2O4S. The third-order valence-electron chi connectivity index (χ3n) is 2.15. The Kier molecular flexibility index (Phi) is 8.21. The Balaban J connectivity index is 3.82. The van der Waals surface area contributed by atoms with Crippen molar-refractivity contribution in [3.63, 3.8) is 0 Å². The monoisotopic (exact) mass is 262 g/mol. The Morgan fingerprint density at radius 3 is 2.41 bits per heavy atom. The lowest BCUT2D eigenvalue weighted by Crippen LogP contribution is -2.40. The van der Waals surface area contributed by atoms with Crippen molar-refractivity contribution in [2.24, 2.45) is 0 Å². The SMILES string of the molecule is CCC(=O)NC(CCCCNC(=O)S)C(=O)O. The van der Waals surface area contributed by atoms with Gasteiger partial charge < -0.3 is 15.7 Å². The van der Waals surface area contributed by atoms with E-state index in [-0.39, 0.29) is 12.3 Å². The molecule has 0 spiro atoms. The zero-order chi connectivity index (χ0) is 13.3. The number of carbonyl (C=O) groups is 3. The molecule has 0 aromatic rings. The number of thiol groups is 1. The summed E-state index contributed by atoms with van der Waals surface area (Å²) in [5, 5.41) is 13.4. The standard InChI is InChI=1S/C10H18N2O4S/c1-2-8(13)12-7(9(14)15)5-3-4-6-11-10(16)17/h7H,2-6H2,1H3,(H,12,13)(H,14,15)(H2,11,16,17). The largest absolute Gasteiger partial charge is 0.480 e. The van der Waals surface area contributed by atoms with Crippen molar-refractivity contribution in [3.05, 3.63) is 0 Å². The van der Waals surface area contributed by atoms with Crippen LogP contribution in [-0.2, 0) is 9.59 Å². The summed E-state index contributed by atoms with van der Waals surface area (Å²) in [5.41, 5.74) is 0. The van der Waals surface area contributed by atoms with Gasteiger partial charge in [0.1, 0.15) is 6.04 Å². The number of nitrogens with one attached hydrogen (secondary N) is 2. The summed E-state index contributed by atoms with van der Waals surface area (Å²) in [4.78, 5) is 32.3. The maximum Gasteiger partial charge on any atom is 0.326 e. The molecule has 0 aliphatic carbocycles. The molecule has 0 fully saturated rings. The van der Waals surface area contributed by atoms with Crippen molar-refractivity contribution in [1.82, 2.24) is 10.6 Å². The van der Waals surface area contributed by atoms with Crippen molar-refractivity contribution in [2.45, 2.75) is 38.6 Å². The van der Waals surface area contributed by atoms with E-state index in [4.69, 9.17) is 5.11 Å². The Bertz CT molecular complexity index is 283. The van der Waals surface area contributed by atoms with E-state index in [1.807, 2.05) is 0 Å². The van der Waals surface area contributed by atoms with Crippen LogP contribution < -0.4 is 10.6 Å². The summed E-state index contributed by atoms with van der Waals surface area (Å²) in [7, 11) is 0. The fourth-order valence-electron chi connectivity index (χ4n) is 1.22. The number of amides is 2. The van der Waals surface area contributed by atoms with Crippen molar-refractivity contribution in [2.75, 3.05) is 6.54 Å². The molecule has 0 aliphatic rings. The highest BCUT2D eigenvalue weighted by Gasteiger charge is 2.18. The molecule has 0 saturated carbocycles. The third kappa shape index (κ3) is 8.56. The number of carboxylic acid groups (broad SMARTS) is 1. The highest BCUT2D eigenvalue weighted by atomic mass is 32.1. The van der Waals surface area contributed by atoms with Gasteiger partial charge in [0, 0.05) is 13.0 Å². The first-order valence-corrected chi connectivity index (χ1v) is 5.91. The van der Waals surface area contributed by atoms with Crippen LogP contribution in [0.1, 0.15) is 32.6 Å². The molecule has 0 heterocycles. The van der Waals surface area contributed by atoms with Gasteiger partial charge in [-0.05, 0) is 19.3 Å². The van der Waals surface area contributed by atoms with E-state index in [9.17, 15) is 14.4 Å².